The van der Waals surface area contributed by atoms with Crippen molar-refractivity contribution >= 4 is 16.6 Å². The maximum absolute atomic E-state index is 13.0. The fraction of sp³-hybridized carbons (Fsp3) is 0.462. The highest BCUT2D eigenvalue weighted by Gasteiger charge is 2.31. The monoisotopic (exact) mass is 467 g/mol. The summed E-state index contributed by atoms with van der Waals surface area (Å²) in [6, 6.07) is 9.31. The van der Waals surface area contributed by atoms with E-state index in [9.17, 15) is 9.90 Å². The van der Waals surface area contributed by atoms with Crippen LogP contribution in [0.25, 0.3) is 22.3 Å². The summed E-state index contributed by atoms with van der Waals surface area (Å²) in [6.07, 6.45) is 3.79. The lowest BCUT2D eigenvalue weighted by atomic mass is 9.77. The van der Waals surface area contributed by atoms with E-state index in [0.29, 0.717) is 39.9 Å². The number of H-pyrrole nitrogens is 1. The molecule has 0 amide bonds. The predicted octanol–water partition coefficient (Wildman–Crippen LogP) is 4.36. The van der Waals surface area contributed by atoms with Crippen LogP contribution >= 0.6 is 0 Å². The van der Waals surface area contributed by atoms with E-state index >= 15 is 0 Å². The lowest BCUT2D eigenvalue weighted by Gasteiger charge is -2.36. The molecule has 1 aromatic heterocycles. The van der Waals surface area contributed by atoms with Gasteiger partial charge in [-0.3, -0.25) is 4.79 Å². The molecule has 34 heavy (non-hydrogen) atoms. The molecule has 0 bridgehead atoms. The van der Waals surface area contributed by atoms with Crippen LogP contribution in [-0.4, -0.2) is 48.0 Å². The Morgan fingerprint density at radius 3 is 2.32 bits per heavy atom. The first-order valence-electron chi connectivity index (χ1n) is 11.6. The normalized spacial score (nSPS) is 18.5. The molecule has 1 saturated carbocycles. The number of aromatic amines is 1. The number of hydrogen-bond donors (Lipinski definition) is 3. The Labute approximate surface area is 199 Å². The van der Waals surface area contributed by atoms with Crippen molar-refractivity contribution in [1.82, 2.24) is 9.97 Å². The largest absolute Gasteiger partial charge is 0.497 e. The summed E-state index contributed by atoms with van der Waals surface area (Å²) in [5, 5.41) is 14.4. The third kappa shape index (κ3) is 4.82. The highest BCUT2D eigenvalue weighted by atomic mass is 16.5. The molecular weight excluding hydrogens is 434 g/mol. The van der Waals surface area contributed by atoms with Gasteiger partial charge in [0, 0.05) is 35.5 Å². The van der Waals surface area contributed by atoms with E-state index in [2.05, 4.69) is 10.3 Å². The second-order valence-corrected chi connectivity index (χ2v) is 9.40. The Bertz CT molecular complexity index is 1220. The highest BCUT2D eigenvalue weighted by Crippen LogP contribution is 2.37. The minimum absolute atomic E-state index is 0.247. The van der Waals surface area contributed by atoms with E-state index in [-0.39, 0.29) is 11.6 Å². The molecule has 1 fully saturated rings. The number of ether oxygens (including phenoxy) is 3. The number of nitrogens with zero attached hydrogens (tertiary/aromatic N) is 1. The van der Waals surface area contributed by atoms with Crippen LogP contribution in [0.3, 0.4) is 0 Å². The van der Waals surface area contributed by atoms with Gasteiger partial charge >= 0.3 is 0 Å². The first-order chi connectivity index (χ1) is 16.2. The molecule has 3 aromatic rings. The molecule has 1 heterocycles. The standard InChI is InChI=1S/C26H33N3O5/c1-26(2,31)15-6-8-16(9-7-15)27-20-12-17(32-3)10-11-19(20)24-28-21-13-18(33-4)14-22(34-5)23(21)25(30)29-24/h10-16,27,31H,6-9H2,1-5H3,(H,28,29,30)/t15-,16-. The molecule has 0 unspecified atom stereocenters. The second kappa shape index (κ2) is 9.54. The summed E-state index contributed by atoms with van der Waals surface area (Å²) in [6.45, 7) is 3.77. The van der Waals surface area contributed by atoms with Gasteiger partial charge in [-0.1, -0.05) is 0 Å². The molecule has 8 heteroatoms. The van der Waals surface area contributed by atoms with Crippen molar-refractivity contribution in [2.45, 2.75) is 51.2 Å². The fourth-order valence-corrected chi connectivity index (χ4v) is 4.76. The van der Waals surface area contributed by atoms with Gasteiger partial charge in [0.15, 0.2) is 0 Å². The first-order valence-corrected chi connectivity index (χ1v) is 11.6. The number of nitrogens with one attached hydrogen (secondary N) is 2. The van der Waals surface area contributed by atoms with Gasteiger partial charge in [-0.05, 0) is 57.6 Å². The van der Waals surface area contributed by atoms with Crippen molar-refractivity contribution < 1.29 is 19.3 Å². The molecule has 0 aliphatic heterocycles. The zero-order chi connectivity index (χ0) is 24.5. The SMILES string of the molecule is COc1ccc(-c2nc3cc(OC)cc(OC)c3c(=O)[nH]2)c(N[C@H]2CC[C@H](C(C)(C)O)CC2)c1. The zero-order valence-corrected chi connectivity index (χ0v) is 20.4. The highest BCUT2D eigenvalue weighted by molar-refractivity contribution is 5.88. The number of benzene rings is 2. The maximum Gasteiger partial charge on any atom is 0.262 e. The number of aromatic nitrogens is 2. The van der Waals surface area contributed by atoms with Crippen LogP contribution in [0.2, 0.25) is 0 Å². The van der Waals surface area contributed by atoms with Gasteiger partial charge in [-0.15, -0.1) is 0 Å². The van der Waals surface area contributed by atoms with Gasteiger partial charge in [0.25, 0.3) is 5.56 Å². The third-order valence-electron chi connectivity index (χ3n) is 6.77. The number of hydrogen-bond acceptors (Lipinski definition) is 7. The topological polar surface area (TPSA) is 106 Å². The van der Waals surface area contributed by atoms with E-state index in [4.69, 9.17) is 19.2 Å². The van der Waals surface area contributed by atoms with Crippen molar-refractivity contribution in [3.05, 3.63) is 40.7 Å². The molecule has 4 rings (SSSR count). The van der Waals surface area contributed by atoms with Crippen LogP contribution < -0.4 is 25.1 Å². The minimum atomic E-state index is -0.664. The average Bonchev–Trinajstić information content (AvgIpc) is 2.82. The Morgan fingerprint density at radius 2 is 1.71 bits per heavy atom. The minimum Gasteiger partial charge on any atom is -0.497 e. The summed E-state index contributed by atoms with van der Waals surface area (Å²) in [4.78, 5) is 20.7. The van der Waals surface area contributed by atoms with E-state index in [1.54, 1.807) is 26.4 Å². The average molecular weight is 468 g/mol. The van der Waals surface area contributed by atoms with Gasteiger partial charge in [0.1, 0.15) is 28.5 Å². The Hall–Kier alpha value is -3.26. The molecular formula is C26H33N3O5. The van der Waals surface area contributed by atoms with Crippen LogP contribution in [0.5, 0.6) is 17.2 Å². The van der Waals surface area contributed by atoms with Crippen LogP contribution in [0, 0.1) is 5.92 Å². The number of aliphatic hydroxyl groups is 1. The predicted molar refractivity (Wildman–Crippen MR) is 133 cm³/mol. The molecule has 182 valence electrons. The van der Waals surface area contributed by atoms with Crippen LogP contribution in [0.4, 0.5) is 5.69 Å². The molecule has 1 aliphatic carbocycles. The van der Waals surface area contributed by atoms with Crippen molar-refractivity contribution in [2.24, 2.45) is 5.92 Å². The zero-order valence-electron chi connectivity index (χ0n) is 20.4. The molecule has 0 atom stereocenters. The molecule has 8 nitrogen and oxygen atoms in total. The molecule has 3 N–H and O–H groups in total. The van der Waals surface area contributed by atoms with Gasteiger partial charge < -0.3 is 29.6 Å². The van der Waals surface area contributed by atoms with Gasteiger partial charge in [-0.2, -0.15) is 0 Å². The van der Waals surface area contributed by atoms with Gasteiger partial charge in [0.05, 0.1) is 32.4 Å². The number of anilines is 1. The Balaban J connectivity index is 1.72. The lowest BCUT2D eigenvalue weighted by molar-refractivity contribution is -0.000390. The molecule has 0 spiro atoms. The van der Waals surface area contributed by atoms with Crippen LogP contribution in [-0.2, 0) is 0 Å². The lowest BCUT2D eigenvalue weighted by Crippen LogP contribution is -2.37. The molecule has 0 radical (unpaired) electrons. The maximum atomic E-state index is 13.0. The van der Waals surface area contributed by atoms with Crippen LogP contribution in [0.15, 0.2) is 35.1 Å². The number of methoxy groups -OCH3 is 3. The summed E-state index contributed by atoms with van der Waals surface area (Å²) < 4.78 is 16.2. The van der Waals surface area contributed by atoms with E-state index in [0.717, 1.165) is 36.9 Å². The van der Waals surface area contributed by atoms with E-state index in [1.165, 1.54) is 7.11 Å². The summed E-state index contributed by atoms with van der Waals surface area (Å²) in [7, 11) is 4.70. The summed E-state index contributed by atoms with van der Waals surface area (Å²) >= 11 is 0. The smallest absolute Gasteiger partial charge is 0.262 e. The molecule has 1 aliphatic rings. The number of rotatable bonds is 7. The quantitative estimate of drug-likeness (QED) is 0.474. The van der Waals surface area contributed by atoms with Crippen molar-refractivity contribution in [1.29, 1.82) is 0 Å². The van der Waals surface area contributed by atoms with Gasteiger partial charge in [0.2, 0.25) is 0 Å². The van der Waals surface area contributed by atoms with Crippen molar-refractivity contribution in [3.63, 3.8) is 0 Å². The molecule has 0 saturated heterocycles. The first kappa shape index (κ1) is 23.9. The second-order valence-electron chi connectivity index (χ2n) is 9.40. The van der Waals surface area contributed by atoms with Crippen molar-refractivity contribution in [3.8, 4) is 28.6 Å². The Morgan fingerprint density at radius 1 is 1.00 bits per heavy atom. The Kier molecular flexibility index (Phi) is 6.70. The summed E-state index contributed by atoms with van der Waals surface area (Å²) in [5.41, 5.74) is 1.15. The van der Waals surface area contributed by atoms with Gasteiger partial charge in [-0.25, -0.2) is 4.98 Å². The van der Waals surface area contributed by atoms with Crippen molar-refractivity contribution in [2.75, 3.05) is 26.6 Å². The fourth-order valence-electron chi connectivity index (χ4n) is 4.76. The van der Waals surface area contributed by atoms with Crippen LogP contribution in [0.1, 0.15) is 39.5 Å². The number of fused-ring (bicyclic) bond motifs is 1. The molecule has 2 aromatic carbocycles. The van der Waals surface area contributed by atoms with E-state index in [1.807, 2.05) is 32.0 Å². The van der Waals surface area contributed by atoms with E-state index < -0.39 is 5.60 Å². The summed E-state index contributed by atoms with van der Waals surface area (Å²) in [5.74, 6) is 2.42. The third-order valence-corrected chi connectivity index (χ3v) is 6.77.